The summed E-state index contributed by atoms with van der Waals surface area (Å²) in [5.74, 6) is 0.344. The fourth-order valence-corrected chi connectivity index (χ4v) is 1.62. The van der Waals surface area contributed by atoms with E-state index < -0.39 is 0 Å². The van der Waals surface area contributed by atoms with Crippen molar-refractivity contribution < 1.29 is 9.13 Å². The lowest BCUT2D eigenvalue weighted by Crippen LogP contribution is -2.02. The molecule has 0 bridgehead atoms. The van der Waals surface area contributed by atoms with Crippen LogP contribution in [0.3, 0.4) is 0 Å². The van der Waals surface area contributed by atoms with Gasteiger partial charge in [0.2, 0.25) is 5.88 Å². The molecule has 0 aliphatic rings. The van der Waals surface area contributed by atoms with Crippen LogP contribution in [0, 0.1) is 12.7 Å². The van der Waals surface area contributed by atoms with Crippen LogP contribution < -0.4 is 10.1 Å². The second kappa shape index (κ2) is 5.49. The van der Waals surface area contributed by atoms with Crippen LogP contribution in [0.4, 0.5) is 10.1 Å². The molecular formula is C14H15FN2O. The van der Waals surface area contributed by atoms with Crippen LogP contribution in [-0.4, -0.2) is 12.1 Å². The van der Waals surface area contributed by atoms with Crippen LogP contribution in [0.15, 0.2) is 36.5 Å². The highest BCUT2D eigenvalue weighted by Crippen LogP contribution is 2.17. The number of benzene rings is 1. The first-order valence-corrected chi connectivity index (χ1v) is 5.68. The molecule has 2 aromatic rings. The first-order valence-electron chi connectivity index (χ1n) is 5.68. The van der Waals surface area contributed by atoms with E-state index >= 15 is 0 Å². The Morgan fingerprint density at radius 3 is 2.78 bits per heavy atom. The van der Waals surface area contributed by atoms with Crippen molar-refractivity contribution in [2.75, 3.05) is 12.4 Å². The van der Waals surface area contributed by atoms with E-state index in [1.807, 2.05) is 13.0 Å². The first-order chi connectivity index (χ1) is 8.69. The van der Waals surface area contributed by atoms with Gasteiger partial charge < -0.3 is 10.1 Å². The van der Waals surface area contributed by atoms with E-state index in [0.29, 0.717) is 12.4 Å². The summed E-state index contributed by atoms with van der Waals surface area (Å²) in [5, 5.41) is 3.19. The van der Waals surface area contributed by atoms with Crippen LogP contribution in [0.2, 0.25) is 0 Å². The smallest absolute Gasteiger partial charge is 0.212 e. The Kier molecular flexibility index (Phi) is 3.77. The van der Waals surface area contributed by atoms with Gasteiger partial charge in [-0.25, -0.2) is 9.37 Å². The summed E-state index contributed by atoms with van der Waals surface area (Å²) in [4.78, 5) is 4.11. The van der Waals surface area contributed by atoms with Gasteiger partial charge in [0, 0.05) is 24.5 Å². The van der Waals surface area contributed by atoms with E-state index in [1.165, 1.54) is 12.1 Å². The van der Waals surface area contributed by atoms with Crippen molar-refractivity contribution in [3.05, 3.63) is 53.5 Å². The predicted octanol–water partition coefficient (Wildman–Crippen LogP) is 3.15. The van der Waals surface area contributed by atoms with Crippen LogP contribution in [0.1, 0.15) is 11.1 Å². The second-order valence-electron chi connectivity index (χ2n) is 4.02. The number of rotatable bonds is 4. The number of pyridine rings is 1. The van der Waals surface area contributed by atoms with Crippen molar-refractivity contribution in [1.29, 1.82) is 0 Å². The van der Waals surface area contributed by atoms with Gasteiger partial charge in [0.15, 0.2) is 0 Å². The molecule has 0 spiro atoms. The largest absolute Gasteiger partial charge is 0.481 e. The number of nitrogens with one attached hydrogen (secondary N) is 1. The minimum atomic E-state index is -0.240. The molecule has 0 fully saturated rings. The molecule has 0 aliphatic heterocycles. The molecule has 1 heterocycles. The lowest BCUT2D eigenvalue weighted by Gasteiger charge is -2.09. The minimum absolute atomic E-state index is 0.240. The van der Waals surface area contributed by atoms with Gasteiger partial charge >= 0.3 is 0 Å². The number of methoxy groups -OCH3 is 1. The number of ether oxygens (including phenoxy) is 1. The monoisotopic (exact) mass is 246 g/mol. The highest BCUT2D eigenvalue weighted by Gasteiger charge is 2.01. The first kappa shape index (κ1) is 12.4. The van der Waals surface area contributed by atoms with Crippen molar-refractivity contribution in [2.45, 2.75) is 13.5 Å². The molecule has 0 amide bonds. The van der Waals surface area contributed by atoms with E-state index in [1.54, 1.807) is 25.4 Å². The van der Waals surface area contributed by atoms with Crippen molar-refractivity contribution in [2.24, 2.45) is 0 Å². The number of halogens is 1. The zero-order valence-corrected chi connectivity index (χ0v) is 10.4. The molecule has 1 aromatic heterocycles. The summed E-state index contributed by atoms with van der Waals surface area (Å²) < 4.78 is 18.1. The number of nitrogens with zero attached hydrogens (tertiary/aromatic N) is 1. The van der Waals surface area contributed by atoms with Gasteiger partial charge in [0.25, 0.3) is 0 Å². The SMILES string of the molecule is COc1ccc(CNc2cc(F)ccc2C)cn1. The van der Waals surface area contributed by atoms with Crippen molar-refractivity contribution in [1.82, 2.24) is 4.98 Å². The summed E-state index contributed by atoms with van der Waals surface area (Å²) in [6.07, 6.45) is 1.74. The fraction of sp³-hybridized carbons (Fsp3) is 0.214. The van der Waals surface area contributed by atoms with Gasteiger partial charge in [-0.15, -0.1) is 0 Å². The molecule has 0 unspecified atom stereocenters. The van der Waals surface area contributed by atoms with E-state index in [9.17, 15) is 4.39 Å². The standard InChI is InChI=1S/C14H15FN2O/c1-10-3-5-12(15)7-13(10)16-8-11-4-6-14(18-2)17-9-11/h3-7,9,16H,8H2,1-2H3. The maximum Gasteiger partial charge on any atom is 0.212 e. The molecule has 2 rings (SSSR count). The average Bonchev–Trinajstić information content (AvgIpc) is 2.40. The van der Waals surface area contributed by atoms with E-state index in [0.717, 1.165) is 16.8 Å². The molecule has 0 radical (unpaired) electrons. The van der Waals surface area contributed by atoms with E-state index in [-0.39, 0.29) is 5.82 Å². The number of aromatic nitrogens is 1. The Morgan fingerprint density at radius 2 is 2.11 bits per heavy atom. The number of hydrogen-bond acceptors (Lipinski definition) is 3. The van der Waals surface area contributed by atoms with Gasteiger partial charge in [-0.05, 0) is 30.2 Å². The Hall–Kier alpha value is -2.10. The Labute approximate surface area is 106 Å². The van der Waals surface area contributed by atoms with Gasteiger partial charge in [-0.3, -0.25) is 0 Å². The summed E-state index contributed by atoms with van der Waals surface area (Å²) in [7, 11) is 1.58. The maximum absolute atomic E-state index is 13.1. The van der Waals surface area contributed by atoms with Crippen molar-refractivity contribution in [3.8, 4) is 5.88 Å². The third-order valence-corrected chi connectivity index (χ3v) is 2.69. The zero-order chi connectivity index (χ0) is 13.0. The quantitative estimate of drug-likeness (QED) is 0.899. The molecule has 0 atom stereocenters. The molecule has 4 heteroatoms. The van der Waals surface area contributed by atoms with Gasteiger partial charge in [0.1, 0.15) is 5.82 Å². The predicted molar refractivity (Wildman–Crippen MR) is 69.3 cm³/mol. The van der Waals surface area contributed by atoms with Crippen LogP contribution in [0.25, 0.3) is 0 Å². The number of aryl methyl sites for hydroxylation is 1. The summed E-state index contributed by atoms with van der Waals surface area (Å²) in [5.41, 5.74) is 2.82. The summed E-state index contributed by atoms with van der Waals surface area (Å²) in [6, 6.07) is 8.43. The third-order valence-electron chi connectivity index (χ3n) is 2.69. The summed E-state index contributed by atoms with van der Waals surface area (Å²) >= 11 is 0. The van der Waals surface area contributed by atoms with Crippen molar-refractivity contribution in [3.63, 3.8) is 0 Å². The highest BCUT2D eigenvalue weighted by atomic mass is 19.1. The van der Waals surface area contributed by atoms with Crippen molar-refractivity contribution >= 4 is 5.69 Å². The topological polar surface area (TPSA) is 34.1 Å². The Bertz CT molecular complexity index is 526. The fourth-order valence-electron chi connectivity index (χ4n) is 1.62. The van der Waals surface area contributed by atoms with E-state index in [4.69, 9.17) is 4.74 Å². The molecule has 94 valence electrons. The number of anilines is 1. The molecule has 18 heavy (non-hydrogen) atoms. The Balaban J connectivity index is 2.04. The molecule has 0 saturated heterocycles. The third kappa shape index (κ3) is 2.97. The molecule has 0 aliphatic carbocycles. The maximum atomic E-state index is 13.1. The highest BCUT2D eigenvalue weighted by molar-refractivity contribution is 5.50. The van der Waals surface area contributed by atoms with Gasteiger partial charge in [0.05, 0.1) is 7.11 Å². The molecule has 0 saturated carbocycles. The van der Waals surface area contributed by atoms with E-state index in [2.05, 4.69) is 10.3 Å². The lowest BCUT2D eigenvalue weighted by atomic mass is 10.2. The number of hydrogen-bond donors (Lipinski definition) is 1. The summed E-state index contributed by atoms with van der Waals surface area (Å²) in [6.45, 7) is 2.54. The van der Waals surface area contributed by atoms with Gasteiger partial charge in [-0.2, -0.15) is 0 Å². The second-order valence-corrected chi connectivity index (χ2v) is 4.02. The normalized spacial score (nSPS) is 10.2. The van der Waals surface area contributed by atoms with Crippen LogP contribution in [0.5, 0.6) is 5.88 Å². The minimum Gasteiger partial charge on any atom is -0.481 e. The zero-order valence-electron chi connectivity index (χ0n) is 10.4. The lowest BCUT2D eigenvalue weighted by molar-refractivity contribution is 0.397. The van der Waals surface area contributed by atoms with Crippen LogP contribution in [-0.2, 0) is 6.54 Å². The average molecular weight is 246 g/mol. The molecular weight excluding hydrogens is 231 g/mol. The van der Waals surface area contributed by atoms with Crippen LogP contribution >= 0.6 is 0 Å². The molecule has 1 N–H and O–H groups in total. The Morgan fingerprint density at radius 1 is 1.28 bits per heavy atom. The molecule has 1 aromatic carbocycles. The van der Waals surface area contributed by atoms with Gasteiger partial charge in [-0.1, -0.05) is 12.1 Å². The molecule has 3 nitrogen and oxygen atoms in total.